The highest BCUT2D eigenvalue weighted by Crippen LogP contribution is 2.32. The Morgan fingerprint density at radius 3 is 2.90 bits per heavy atom. The van der Waals surface area contributed by atoms with Crippen LogP contribution in [-0.4, -0.2) is 32.4 Å². The maximum absolute atomic E-state index is 12.8. The lowest BCUT2D eigenvalue weighted by molar-refractivity contribution is 0.429. The van der Waals surface area contributed by atoms with Crippen LogP contribution >= 0.6 is 11.3 Å². The number of thiophene rings is 1. The van der Waals surface area contributed by atoms with Gasteiger partial charge in [-0.2, -0.15) is 4.31 Å². The second-order valence-electron chi connectivity index (χ2n) is 5.33. The third-order valence-electron chi connectivity index (χ3n) is 3.46. The van der Waals surface area contributed by atoms with E-state index in [-0.39, 0.29) is 6.54 Å². The molecule has 0 unspecified atom stereocenters. The van der Waals surface area contributed by atoms with Crippen LogP contribution in [0.1, 0.15) is 31.1 Å². The molecule has 21 heavy (non-hydrogen) atoms. The highest BCUT2D eigenvalue weighted by molar-refractivity contribution is 7.89. The molecule has 1 aromatic heterocycles. The van der Waals surface area contributed by atoms with Gasteiger partial charge in [-0.25, -0.2) is 8.42 Å². The van der Waals surface area contributed by atoms with Crippen molar-refractivity contribution in [1.29, 1.82) is 0 Å². The van der Waals surface area contributed by atoms with E-state index < -0.39 is 10.0 Å². The van der Waals surface area contributed by atoms with E-state index in [4.69, 9.17) is 6.42 Å². The molecular weight excluding hydrogens is 304 g/mol. The summed E-state index contributed by atoms with van der Waals surface area (Å²) in [4.78, 5) is 1.27. The Morgan fingerprint density at radius 1 is 1.52 bits per heavy atom. The molecule has 0 aliphatic heterocycles. The van der Waals surface area contributed by atoms with E-state index in [0.717, 1.165) is 30.7 Å². The van der Waals surface area contributed by atoms with Crippen LogP contribution in [-0.2, 0) is 16.6 Å². The smallest absolute Gasteiger partial charge is 0.245 e. The molecule has 116 valence electrons. The lowest BCUT2D eigenvalue weighted by Crippen LogP contribution is -2.33. The largest absolute Gasteiger partial charge is 0.312 e. The molecule has 2 rings (SSSR count). The minimum Gasteiger partial charge on any atom is -0.312 e. The van der Waals surface area contributed by atoms with E-state index in [9.17, 15) is 8.42 Å². The number of rotatable bonds is 9. The maximum atomic E-state index is 12.8. The summed E-state index contributed by atoms with van der Waals surface area (Å²) in [6, 6.07) is 1.69. The summed E-state index contributed by atoms with van der Waals surface area (Å²) >= 11 is 1.48. The highest BCUT2D eigenvalue weighted by atomic mass is 32.2. The van der Waals surface area contributed by atoms with Crippen LogP contribution < -0.4 is 5.32 Å². The van der Waals surface area contributed by atoms with Gasteiger partial charge >= 0.3 is 0 Å². The van der Waals surface area contributed by atoms with E-state index in [2.05, 4.69) is 18.2 Å². The van der Waals surface area contributed by atoms with E-state index >= 15 is 0 Å². The molecule has 1 fully saturated rings. The van der Waals surface area contributed by atoms with Crippen LogP contribution in [0.15, 0.2) is 16.3 Å². The van der Waals surface area contributed by atoms with Gasteiger partial charge in [-0.3, -0.25) is 0 Å². The quantitative estimate of drug-likeness (QED) is 0.559. The Labute approximate surface area is 131 Å². The SMILES string of the molecule is C#CCN(CC1CC1)S(=O)(=O)c1ccsc1CNCCC. The second-order valence-corrected chi connectivity index (χ2v) is 8.24. The summed E-state index contributed by atoms with van der Waals surface area (Å²) < 4.78 is 27.1. The van der Waals surface area contributed by atoms with Crippen molar-refractivity contribution in [2.75, 3.05) is 19.6 Å². The van der Waals surface area contributed by atoms with Gasteiger partial charge in [0.25, 0.3) is 0 Å². The molecule has 1 N–H and O–H groups in total. The number of hydrogen-bond donors (Lipinski definition) is 1. The van der Waals surface area contributed by atoms with Crippen LogP contribution in [0, 0.1) is 18.3 Å². The van der Waals surface area contributed by atoms with Crippen molar-refractivity contribution in [3.63, 3.8) is 0 Å². The first kappa shape index (κ1) is 16.5. The van der Waals surface area contributed by atoms with E-state index in [1.807, 2.05) is 5.38 Å². The minimum absolute atomic E-state index is 0.149. The van der Waals surface area contributed by atoms with Gasteiger partial charge in [0.1, 0.15) is 0 Å². The first-order valence-corrected chi connectivity index (χ1v) is 9.62. The molecule has 0 radical (unpaired) electrons. The number of sulfonamides is 1. The number of nitrogens with one attached hydrogen (secondary N) is 1. The molecule has 1 saturated carbocycles. The van der Waals surface area contributed by atoms with Gasteiger partial charge in [0.05, 0.1) is 11.4 Å². The highest BCUT2D eigenvalue weighted by Gasteiger charge is 2.32. The van der Waals surface area contributed by atoms with E-state index in [1.54, 1.807) is 6.07 Å². The zero-order valence-electron chi connectivity index (χ0n) is 12.3. The van der Waals surface area contributed by atoms with Crippen LogP contribution in [0.25, 0.3) is 0 Å². The van der Waals surface area contributed by atoms with E-state index in [1.165, 1.54) is 15.6 Å². The van der Waals surface area contributed by atoms with Crippen LogP contribution in [0.4, 0.5) is 0 Å². The molecule has 4 nitrogen and oxygen atoms in total. The molecule has 1 aliphatic rings. The molecule has 0 aromatic carbocycles. The maximum Gasteiger partial charge on any atom is 0.245 e. The Morgan fingerprint density at radius 2 is 2.29 bits per heavy atom. The predicted molar refractivity (Wildman–Crippen MR) is 86.6 cm³/mol. The molecule has 1 heterocycles. The number of terminal acetylenes is 1. The third kappa shape index (κ3) is 4.30. The molecule has 0 bridgehead atoms. The predicted octanol–water partition coefficient (Wildman–Crippen LogP) is 2.28. The third-order valence-corrected chi connectivity index (χ3v) is 6.41. The fourth-order valence-electron chi connectivity index (χ4n) is 2.14. The minimum atomic E-state index is -3.48. The molecular formula is C15H22N2O2S2. The average molecular weight is 326 g/mol. The topological polar surface area (TPSA) is 49.4 Å². The Balaban J connectivity index is 2.16. The van der Waals surface area contributed by atoms with Crippen molar-refractivity contribution in [2.45, 2.75) is 37.6 Å². The van der Waals surface area contributed by atoms with Crippen molar-refractivity contribution in [3.05, 3.63) is 16.3 Å². The number of hydrogen-bond acceptors (Lipinski definition) is 4. The summed E-state index contributed by atoms with van der Waals surface area (Å²) in [5.41, 5.74) is 0. The second kappa shape index (κ2) is 7.41. The van der Waals surface area contributed by atoms with Gasteiger partial charge in [0, 0.05) is 18.0 Å². The summed E-state index contributed by atoms with van der Waals surface area (Å²) in [5, 5.41) is 5.10. The first-order chi connectivity index (χ1) is 10.1. The van der Waals surface area contributed by atoms with Gasteiger partial charge in [-0.05, 0) is 43.2 Å². The fraction of sp³-hybridized carbons (Fsp3) is 0.600. The molecule has 1 aromatic rings. The monoisotopic (exact) mass is 326 g/mol. The normalized spacial score (nSPS) is 15.3. The lowest BCUT2D eigenvalue weighted by atomic mass is 10.4. The summed E-state index contributed by atoms with van der Waals surface area (Å²) in [7, 11) is -3.48. The van der Waals surface area contributed by atoms with Crippen molar-refractivity contribution >= 4 is 21.4 Å². The molecule has 0 atom stereocenters. The van der Waals surface area contributed by atoms with Gasteiger partial charge in [0.15, 0.2) is 0 Å². The first-order valence-electron chi connectivity index (χ1n) is 7.30. The molecule has 0 saturated heterocycles. The average Bonchev–Trinajstić information content (AvgIpc) is 3.14. The van der Waals surface area contributed by atoms with Gasteiger partial charge < -0.3 is 5.32 Å². The van der Waals surface area contributed by atoms with Crippen molar-refractivity contribution < 1.29 is 8.42 Å². The number of nitrogens with zero attached hydrogens (tertiary/aromatic N) is 1. The summed E-state index contributed by atoms with van der Waals surface area (Å²) in [6.07, 6.45) is 8.58. The van der Waals surface area contributed by atoms with Crippen molar-refractivity contribution in [3.8, 4) is 12.3 Å². The lowest BCUT2D eigenvalue weighted by Gasteiger charge is -2.20. The van der Waals surface area contributed by atoms with E-state index in [0.29, 0.717) is 23.9 Å². The summed E-state index contributed by atoms with van der Waals surface area (Å²) in [6.45, 7) is 4.25. The van der Waals surface area contributed by atoms with Crippen LogP contribution in [0.5, 0.6) is 0 Å². The Kier molecular flexibility index (Phi) is 5.82. The van der Waals surface area contributed by atoms with Crippen LogP contribution in [0.2, 0.25) is 0 Å². The van der Waals surface area contributed by atoms with Crippen LogP contribution in [0.3, 0.4) is 0 Å². The fourth-order valence-corrected chi connectivity index (χ4v) is 4.96. The van der Waals surface area contributed by atoms with Crippen molar-refractivity contribution in [2.24, 2.45) is 5.92 Å². The molecule has 0 amide bonds. The van der Waals surface area contributed by atoms with Crippen molar-refractivity contribution in [1.82, 2.24) is 9.62 Å². The van der Waals surface area contributed by atoms with Gasteiger partial charge in [0.2, 0.25) is 10.0 Å². The summed E-state index contributed by atoms with van der Waals surface area (Å²) in [5.74, 6) is 2.96. The Bertz CT molecular complexity index is 597. The Hall–Kier alpha value is -0.870. The standard InChI is InChI=1S/C15H22N2O2S2/c1-3-8-16-11-14-15(7-10-20-14)21(18,19)17(9-4-2)12-13-5-6-13/h2,7,10,13,16H,3,5-6,8-9,11-12H2,1H3. The molecule has 6 heteroatoms. The zero-order valence-corrected chi connectivity index (χ0v) is 14.0. The van der Waals surface area contributed by atoms with Gasteiger partial charge in [-0.15, -0.1) is 17.8 Å². The zero-order chi connectivity index (χ0) is 15.3. The molecule has 1 aliphatic carbocycles. The van der Waals surface area contributed by atoms with Gasteiger partial charge in [-0.1, -0.05) is 12.8 Å². The molecule has 0 spiro atoms.